The van der Waals surface area contributed by atoms with E-state index in [9.17, 15) is 9.59 Å². The third kappa shape index (κ3) is 2.09. The second-order valence-electron chi connectivity index (χ2n) is 3.66. The van der Waals surface area contributed by atoms with Crippen molar-refractivity contribution in [3.05, 3.63) is 29.8 Å². The van der Waals surface area contributed by atoms with E-state index in [-0.39, 0.29) is 16.3 Å². The van der Waals surface area contributed by atoms with Gasteiger partial charge in [-0.2, -0.15) is 0 Å². The number of carboxylic acid groups (broad SMARTS) is 1. The number of halogens is 1. The molecule has 2 rings (SSSR count). The van der Waals surface area contributed by atoms with Gasteiger partial charge >= 0.3 is 5.97 Å². The lowest BCUT2D eigenvalue weighted by atomic mass is 10.2. The van der Waals surface area contributed by atoms with Crippen LogP contribution in [0.15, 0.2) is 24.3 Å². The van der Waals surface area contributed by atoms with Crippen LogP contribution in [-0.2, 0) is 4.79 Å². The fourth-order valence-corrected chi connectivity index (χ4v) is 2.29. The molecule has 0 radical (unpaired) electrons. The van der Waals surface area contributed by atoms with Gasteiger partial charge in [-0.1, -0.05) is 22.0 Å². The van der Waals surface area contributed by atoms with Gasteiger partial charge in [0, 0.05) is 23.5 Å². The summed E-state index contributed by atoms with van der Waals surface area (Å²) in [4.78, 5) is 24.2. The van der Waals surface area contributed by atoms with E-state index in [0.717, 1.165) is 0 Å². The lowest BCUT2D eigenvalue weighted by Gasteiger charge is -2.16. The Balaban J connectivity index is 2.30. The molecule has 1 atom stereocenters. The number of carbonyl (C=O) groups is 2. The van der Waals surface area contributed by atoms with E-state index in [4.69, 9.17) is 5.11 Å². The first-order valence-electron chi connectivity index (χ1n) is 4.85. The highest BCUT2D eigenvalue weighted by molar-refractivity contribution is 9.09. The smallest absolute Gasteiger partial charge is 0.335 e. The number of aromatic carboxylic acids is 1. The van der Waals surface area contributed by atoms with Crippen LogP contribution >= 0.6 is 15.9 Å². The Morgan fingerprint density at radius 3 is 2.81 bits per heavy atom. The van der Waals surface area contributed by atoms with Crippen molar-refractivity contribution in [1.29, 1.82) is 0 Å². The first-order chi connectivity index (χ1) is 7.58. The Labute approximate surface area is 101 Å². The molecule has 0 saturated carbocycles. The largest absolute Gasteiger partial charge is 0.478 e. The summed E-state index contributed by atoms with van der Waals surface area (Å²) in [5.41, 5.74) is 0.843. The van der Waals surface area contributed by atoms with Crippen molar-refractivity contribution in [3.63, 3.8) is 0 Å². The number of alkyl halides is 1. The van der Waals surface area contributed by atoms with Crippen molar-refractivity contribution in [1.82, 2.24) is 0 Å². The molecular weight excluding hydrogens is 274 g/mol. The number of benzene rings is 1. The zero-order chi connectivity index (χ0) is 11.7. The van der Waals surface area contributed by atoms with E-state index < -0.39 is 5.97 Å². The summed E-state index contributed by atoms with van der Waals surface area (Å²) in [6.45, 7) is 0.585. The van der Waals surface area contributed by atoms with Gasteiger partial charge in [-0.25, -0.2) is 4.79 Å². The van der Waals surface area contributed by atoms with Crippen LogP contribution in [-0.4, -0.2) is 28.4 Å². The predicted molar refractivity (Wildman–Crippen MR) is 63.1 cm³/mol. The Kier molecular flexibility index (Phi) is 2.96. The summed E-state index contributed by atoms with van der Waals surface area (Å²) >= 11 is 3.38. The maximum Gasteiger partial charge on any atom is 0.335 e. The SMILES string of the molecule is O=C(O)c1cccc(N2CC(Br)CC2=O)c1. The zero-order valence-corrected chi connectivity index (χ0v) is 9.98. The molecule has 1 aromatic carbocycles. The van der Waals surface area contributed by atoms with Crippen molar-refractivity contribution in [2.75, 3.05) is 11.4 Å². The van der Waals surface area contributed by atoms with E-state index in [2.05, 4.69) is 15.9 Å². The Bertz CT molecular complexity index is 447. The zero-order valence-electron chi connectivity index (χ0n) is 8.39. The summed E-state index contributed by atoms with van der Waals surface area (Å²) in [6, 6.07) is 6.42. The molecule has 0 bridgehead atoms. The van der Waals surface area contributed by atoms with Gasteiger partial charge < -0.3 is 10.0 Å². The van der Waals surface area contributed by atoms with E-state index in [0.29, 0.717) is 18.7 Å². The maximum absolute atomic E-state index is 11.6. The molecule has 1 aromatic rings. The fourth-order valence-electron chi connectivity index (χ4n) is 1.72. The number of carbonyl (C=O) groups excluding carboxylic acids is 1. The highest BCUT2D eigenvalue weighted by Gasteiger charge is 2.28. The molecule has 0 aromatic heterocycles. The molecule has 16 heavy (non-hydrogen) atoms. The van der Waals surface area contributed by atoms with Crippen molar-refractivity contribution in [3.8, 4) is 0 Å². The first-order valence-corrected chi connectivity index (χ1v) is 5.77. The minimum Gasteiger partial charge on any atom is -0.478 e. The van der Waals surface area contributed by atoms with E-state index in [1.54, 1.807) is 17.0 Å². The van der Waals surface area contributed by atoms with Crippen molar-refractivity contribution in [2.24, 2.45) is 0 Å². The molecule has 1 heterocycles. The molecule has 1 amide bonds. The van der Waals surface area contributed by atoms with Crippen molar-refractivity contribution < 1.29 is 14.7 Å². The quantitative estimate of drug-likeness (QED) is 0.844. The van der Waals surface area contributed by atoms with E-state index in [1.807, 2.05) is 0 Å². The number of rotatable bonds is 2. The lowest BCUT2D eigenvalue weighted by Crippen LogP contribution is -2.24. The van der Waals surface area contributed by atoms with Crippen LogP contribution in [0.2, 0.25) is 0 Å². The number of nitrogens with zero attached hydrogens (tertiary/aromatic N) is 1. The minimum atomic E-state index is -0.983. The highest BCUT2D eigenvalue weighted by atomic mass is 79.9. The normalized spacial score (nSPS) is 20.2. The second kappa shape index (κ2) is 4.25. The van der Waals surface area contributed by atoms with Crippen LogP contribution in [0.3, 0.4) is 0 Å². The van der Waals surface area contributed by atoms with Crippen LogP contribution < -0.4 is 4.90 Å². The molecule has 4 nitrogen and oxygen atoms in total. The average molecular weight is 284 g/mol. The molecule has 0 aliphatic carbocycles. The monoisotopic (exact) mass is 283 g/mol. The molecule has 84 valence electrons. The Hall–Kier alpha value is -1.36. The van der Waals surface area contributed by atoms with Crippen LogP contribution in [0.5, 0.6) is 0 Å². The topological polar surface area (TPSA) is 57.6 Å². The van der Waals surface area contributed by atoms with Crippen LogP contribution in [0.25, 0.3) is 0 Å². The third-order valence-corrected chi connectivity index (χ3v) is 3.10. The molecule has 0 spiro atoms. The summed E-state index contributed by atoms with van der Waals surface area (Å²) in [7, 11) is 0. The van der Waals surface area contributed by atoms with Crippen LogP contribution in [0.4, 0.5) is 5.69 Å². The van der Waals surface area contributed by atoms with Crippen molar-refractivity contribution >= 4 is 33.5 Å². The third-order valence-electron chi connectivity index (χ3n) is 2.48. The number of amides is 1. The first kappa shape index (κ1) is 11.1. The summed E-state index contributed by atoms with van der Waals surface area (Å²) < 4.78 is 0. The van der Waals surface area contributed by atoms with Gasteiger partial charge in [0.1, 0.15) is 0 Å². The predicted octanol–water partition coefficient (Wildman–Crippen LogP) is 1.89. The fraction of sp³-hybridized carbons (Fsp3) is 0.273. The van der Waals surface area contributed by atoms with Crippen LogP contribution in [0.1, 0.15) is 16.8 Å². The molecule has 1 fully saturated rings. The van der Waals surface area contributed by atoms with Gasteiger partial charge in [-0.05, 0) is 18.2 Å². The Morgan fingerprint density at radius 1 is 1.50 bits per heavy atom. The number of hydrogen-bond acceptors (Lipinski definition) is 2. The number of hydrogen-bond donors (Lipinski definition) is 1. The minimum absolute atomic E-state index is 0.0180. The molecule has 5 heteroatoms. The number of anilines is 1. The maximum atomic E-state index is 11.6. The lowest BCUT2D eigenvalue weighted by molar-refractivity contribution is -0.117. The standard InChI is InChI=1S/C11H10BrNO3/c12-8-5-10(14)13(6-8)9-3-1-2-7(4-9)11(15)16/h1-4,8H,5-6H2,(H,15,16). The highest BCUT2D eigenvalue weighted by Crippen LogP contribution is 2.25. The van der Waals surface area contributed by atoms with Gasteiger partial charge in [0.2, 0.25) is 5.91 Å². The molecule has 1 N–H and O–H groups in total. The van der Waals surface area contributed by atoms with Crippen LogP contribution in [0, 0.1) is 0 Å². The van der Waals surface area contributed by atoms with Gasteiger partial charge in [0.05, 0.1) is 5.56 Å². The summed E-state index contributed by atoms with van der Waals surface area (Å²) in [5, 5.41) is 8.86. The van der Waals surface area contributed by atoms with Crippen molar-refractivity contribution in [2.45, 2.75) is 11.2 Å². The second-order valence-corrected chi connectivity index (χ2v) is 4.96. The average Bonchev–Trinajstić information content (AvgIpc) is 2.58. The number of carboxylic acids is 1. The summed E-state index contributed by atoms with van der Waals surface area (Å²) in [5.74, 6) is -0.965. The Morgan fingerprint density at radius 2 is 2.25 bits per heavy atom. The van der Waals surface area contributed by atoms with Gasteiger partial charge in [-0.15, -0.1) is 0 Å². The summed E-state index contributed by atoms with van der Waals surface area (Å²) in [6.07, 6.45) is 0.456. The molecule has 1 aliphatic heterocycles. The van der Waals surface area contributed by atoms with E-state index >= 15 is 0 Å². The molecule has 1 aliphatic rings. The van der Waals surface area contributed by atoms with Gasteiger partial charge in [0.25, 0.3) is 0 Å². The molecular formula is C11H10BrNO3. The molecule has 1 unspecified atom stereocenters. The van der Waals surface area contributed by atoms with E-state index in [1.165, 1.54) is 12.1 Å². The van der Waals surface area contributed by atoms with Gasteiger partial charge in [-0.3, -0.25) is 4.79 Å². The molecule has 1 saturated heterocycles. The van der Waals surface area contributed by atoms with Gasteiger partial charge in [0.15, 0.2) is 0 Å².